The summed E-state index contributed by atoms with van der Waals surface area (Å²) >= 11 is 0. The maximum atomic E-state index is 12.1. The molecule has 1 fully saturated rings. The van der Waals surface area contributed by atoms with Gasteiger partial charge >= 0.3 is 5.69 Å². The van der Waals surface area contributed by atoms with Crippen LogP contribution in [0.5, 0.6) is 0 Å². The molecule has 1 unspecified atom stereocenters. The van der Waals surface area contributed by atoms with Crippen molar-refractivity contribution in [2.45, 2.75) is 37.4 Å². The first kappa shape index (κ1) is 18.9. The van der Waals surface area contributed by atoms with E-state index in [1.165, 1.54) is 16.8 Å². The van der Waals surface area contributed by atoms with Gasteiger partial charge in [-0.05, 0) is 25.9 Å². The second-order valence-electron chi connectivity index (χ2n) is 6.81. The van der Waals surface area contributed by atoms with Crippen LogP contribution >= 0.6 is 6.89 Å². The fraction of sp³-hybridized carbons (Fsp3) is 0.562. The van der Waals surface area contributed by atoms with Gasteiger partial charge in [0, 0.05) is 12.7 Å². The van der Waals surface area contributed by atoms with E-state index in [1.807, 2.05) is 0 Å². The number of H-pyrrole nitrogens is 1. The average molecular weight is 356 g/mol. The molecule has 0 aliphatic carbocycles. The minimum atomic E-state index is -1.29. The van der Waals surface area contributed by atoms with Gasteiger partial charge in [-0.25, -0.2) is 4.79 Å². The highest BCUT2D eigenvalue weighted by molar-refractivity contribution is 7.72. The summed E-state index contributed by atoms with van der Waals surface area (Å²) in [4.78, 5) is 26.0. The standard InChI is InChI=1S/C16H25N2O5P/c1-5-7-18-9-10(15(21)17-16(18)22)14-13(20)12(19)11(23-14)6-8-24(2,3)4/h5,9,11-14,19-20H,1-2,6-8H2,3-4H3,(H,17,21,22)/t11?,12-,13-,14+/m1/s1. The number of aliphatic hydroxyl groups is 2. The molecule has 7 nitrogen and oxygen atoms in total. The van der Waals surface area contributed by atoms with Crippen molar-refractivity contribution in [1.29, 1.82) is 0 Å². The molecule has 0 saturated carbocycles. The summed E-state index contributed by atoms with van der Waals surface area (Å²) in [6, 6.07) is 0. The summed E-state index contributed by atoms with van der Waals surface area (Å²) in [6.07, 6.45) is 4.51. The maximum Gasteiger partial charge on any atom is 0.328 e. The molecule has 1 aliphatic rings. The van der Waals surface area contributed by atoms with Gasteiger partial charge < -0.3 is 14.9 Å². The third kappa shape index (κ3) is 4.16. The molecule has 0 radical (unpaired) electrons. The molecule has 2 rings (SSSR count). The summed E-state index contributed by atoms with van der Waals surface area (Å²) < 4.78 is 7.02. The van der Waals surface area contributed by atoms with Crippen LogP contribution in [0.4, 0.5) is 0 Å². The van der Waals surface area contributed by atoms with Gasteiger partial charge in [-0.3, -0.25) is 14.3 Å². The molecule has 4 atom stereocenters. The molecule has 0 amide bonds. The van der Waals surface area contributed by atoms with Crippen LogP contribution in [0, 0.1) is 0 Å². The minimum Gasteiger partial charge on any atom is -0.388 e. The van der Waals surface area contributed by atoms with Crippen molar-refractivity contribution < 1.29 is 14.9 Å². The molecular weight excluding hydrogens is 331 g/mol. The Labute approximate surface area is 140 Å². The van der Waals surface area contributed by atoms with Gasteiger partial charge in [0.15, 0.2) is 0 Å². The van der Waals surface area contributed by atoms with Crippen LogP contribution in [0.25, 0.3) is 0 Å². The van der Waals surface area contributed by atoms with Crippen molar-refractivity contribution in [2.24, 2.45) is 0 Å². The maximum absolute atomic E-state index is 12.1. The first-order chi connectivity index (χ1) is 11.1. The van der Waals surface area contributed by atoms with Gasteiger partial charge in [-0.15, -0.1) is 19.8 Å². The molecular formula is C16H25N2O5P. The second-order valence-corrected chi connectivity index (χ2v) is 11.1. The van der Waals surface area contributed by atoms with Gasteiger partial charge in [0.1, 0.15) is 18.3 Å². The number of allylic oxidation sites excluding steroid dienone is 1. The zero-order valence-corrected chi connectivity index (χ0v) is 14.9. The van der Waals surface area contributed by atoms with Gasteiger partial charge in [0.25, 0.3) is 5.56 Å². The van der Waals surface area contributed by atoms with E-state index in [4.69, 9.17) is 4.74 Å². The Morgan fingerprint density at radius 2 is 2.04 bits per heavy atom. The van der Waals surface area contributed by atoms with E-state index in [-0.39, 0.29) is 12.1 Å². The molecule has 1 aromatic rings. The summed E-state index contributed by atoms with van der Waals surface area (Å²) in [6.45, 7) is 6.65. The first-order valence-electron chi connectivity index (χ1n) is 7.77. The van der Waals surface area contributed by atoms with Crippen molar-refractivity contribution >= 4 is 13.2 Å². The van der Waals surface area contributed by atoms with E-state index in [0.29, 0.717) is 6.42 Å². The number of nitrogens with one attached hydrogen (secondary N) is 1. The van der Waals surface area contributed by atoms with E-state index < -0.39 is 42.6 Å². The van der Waals surface area contributed by atoms with Crippen LogP contribution in [-0.2, 0) is 11.3 Å². The average Bonchev–Trinajstić information content (AvgIpc) is 2.75. The number of hydrogen-bond acceptors (Lipinski definition) is 5. The fourth-order valence-electron chi connectivity index (χ4n) is 2.72. The molecule has 1 saturated heterocycles. The van der Waals surface area contributed by atoms with Crippen LogP contribution in [0.15, 0.2) is 28.4 Å². The van der Waals surface area contributed by atoms with E-state index in [9.17, 15) is 19.8 Å². The van der Waals surface area contributed by atoms with E-state index in [2.05, 4.69) is 31.2 Å². The van der Waals surface area contributed by atoms with Crippen molar-refractivity contribution in [3.63, 3.8) is 0 Å². The Balaban J connectivity index is 2.28. The molecule has 2 heterocycles. The Morgan fingerprint density at radius 1 is 1.38 bits per heavy atom. The lowest BCUT2D eigenvalue weighted by atomic mass is 10.0. The lowest BCUT2D eigenvalue weighted by molar-refractivity contribution is 0.00496. The number of nitrogens with zero attached hydrogens (tertiary/aromatic N) is 1. The first-order valence-corrected chi connectivity index (χ1v) is 10.8. The monoisotopic (exact) mass is 356 g/mol. The van der Waals surface area contributed by atoms with Gasteiger partial charge in [0.2, 0.25) is 0 Å². The Kier molecular flexibility index (Phi) is 5.71. The highest BCUT2D eigenvalue weighted by Gasteiger charge is 2.44. The lowest BCUT2D eigenvalue weighted by Gasteiger charge is -2.18. The molecule has 1 aromatic heterocycles. The number of hydrogen-bond donors (Lipinski definition) is 3. The van der Waals surface area contributed by atoms with E-state index >= 15 is 0 Å². The SMILES string of the molecule is C=CCn1cc([C@@H]2OC(CCP(=C)(C)C)[C@@H](O)[C@H]2O)c(=O)[nH]c1=O. The van der Waals surface area contributed by atoms with Crippen LogP contribution < -0.4 is 11.2 Å². The van der Waals surface area contributed by atoms with Gasteiger partial charge in [0.05, 0.1) is 11.7 Å². The lowest BCUT2D eigenvalue weighted by Crippen LogP contribution is -2.35. The predicted molar refractivity (Wildman–Crippen MR) is 96.5 cm³/mol. The quantitative estimate of drug-likeness (QED) is 0.491. The number of ether oxygens (including phenoxy) is 1. The topological polar surface area (TPSA) is 105 Å². The Hall–Kier alpha value is -1.40. The normalized spacial score (nSPS) is 27.3. The van der Waals surface area contributed by atoms with Gasteiger partial charge in [-0.2, -0.15) is 0 Å². The molecule has 0 spiro atoms. The zero-order chi connectivity index (χ0) is 18.1. The summed E-state index contributed by atoms with van der Waals surface area (Å²) in [5.41, 5.74) is -1.06. The van der Waals surface area contributed by atoms with Crippen molar-refractivity contribution in [1.82, 2.24) is 9.55 Å². The molecule has 3 N–H and O–H groups in total. The molecule has 24 heavy (non-hydrogen) atoms. The number of rotatable bonds is 6. The minimum absolute atomic E-state index is 0.120. The van der Waals surface area contributed by atoms with E-state index in [1.54, 1.807) is 0 Å². The smallest absolute Gasteiger partial charge is 0.328 e. The number of aromatic amines is 1. The molecule has 1 aliphatic heterocycles. The van der Waals surface area contributed by atoms with Crippen LogP contribution in [-0.4, -0.2) is 63.9 Å². The number of aliphatic hydroxyl groups excluding tert-OH is 2. The summed E-state index contributed by atoms with van der Waals surface area (Å²) in [5, 5.41) is 20.5. The fourth-order valence-corrected chi connectivity index (χ4v) is 3.68. The summed E-state index contributed by atoms with van der Waals surface area (Å²) in [5.74, 6) is 0. The molecule has 0 aromatic carbocycles. The molecule has 0 bridgehead atoms. The number of aromatic nitrogens is 2. The molecule has 134 valence electrons. The van der Waals surface area contributed by atoms with Crippen LogP contribution in [0.3, 0.4) is 0 Å². The highest BCUT2D eigenvalue weighted by atomic mass is 31.2. The second kappa shape index (κ2) is 7.23. The van der Waals surface area contributed by atoms with Crippen molar-refractivity contribution in [3.8, 4) is 0 Å². The van der Waals surface area contributed by atoms with Crippen molar-refractivity contribution in [3.05, 3.63) is 45.3 Å². The Bertz CT molecular complexity index is 762. The Morgan fingerprint density at radius 3 is 2.62 bits per heavy atom. The van der Waals surface area contributed by atoms with Crippen molar-refractivity contribution in [2.75, 3.05) is 19.5 Å². The third-order valence-electron chi connectivity index (χ3n) is 4.05. The predicted octanol–water partition coefficient (Wildman–Crippen LogP) is -0.0164. The highest BCUT2D eigenvalue weighted by Crippen LogP contribution is 2.40. The van der Waals surface area contributed by atoms with Crippen LogP contribution in [0.2, 0.25) is 0 Å². The van der Waals surface area contributed by atoms with E-state index in [0.717, 1.165) is 6.16 Å². The van der Waals surface area contributed by atoms with Crippen LogP contribution in [0.1, 0.15) is 18.1 Å². The zero-order valence-electron chi connectivity index (χ0n) is 14.0. The largest absolute Gasteiger partial charge is 0.388 e. The molecule has 8 heteroatoms. The summed E-state index contributed by atoms with van der Waals surface area (Å²) in [7, 11) is 0. The van der Waals surface area contributed by atoms with Gasteiger partial charge in [-0.1, -0.05) is 6.08 Å². The third-order valence-corrected chi connectivity index (χ3v) is 5.52.